The molecule has 23 heavy (non-hydrogen) atoms. The Balaban J connectivity index is 1.92. The Kier molecular flexibility index (Phi) is 5.63. The maximum Gasteiger partial charge on any atom is 0.287 e. The zero-order chi connectivity index (χ0) is 17.0. The highest BCUT2D eigenvalue weighted by Gasteiger charge is 2.16. The van der Waals surface area contributed by atoms with Crippen molar-refractivity contribution in [3.05, 3.63) is 57.7 Å². The Morgan fingerprint density at radius 3 is 2.70 bits per heavy atom. The molecular weight excluding hydrogens is 346 g/mol. The van der Waals surface area contributed by atoms with Gasteiger partial charge in [-0.2, -0.15) is 0 Å². The number of hydrogen-bond acceptors (Lipinski definition) is 3. The van der Waals surface area contributed by atoms with Crippen LogP contribution in [0.3, 0.4) is 0 Å². The van der Waals surface area contributed by atoms with Gasteiger partial charge < -0.3 is 15.1 Å². The summed E-state index contributed by atoms with van der Waals surface area (Å²) in [4.78, 5) is 23.5. The van der Waals surface area contributed by atoms with Gasteiger partial charge >= 0.3 is 0 Å². The lowest BCUT2D eigenvalue weighted by atomic mass is 10.1. The smallest absolute Gasteiger partial charge is 0.287 e. The van der Waals surface area contributed by atoms with Crippen molar-refractivity contribution in [3.63, 3.8) is 0 Å². The molecule has 0 aliphatic carbocycles. The summed E-state index contributed by atoms with van der Waals surface area (Å²) in [6.45, 7) is 1.39. The van der Waals surface area contributed by atoms with Crippen LogP contribution in [0.2, 0.25) is 10.0 Å². The van der Waals surface area contributed by atoms with Crippen molar-refractivity contribution >= 4 is 35.0 Å². The van der Waals surface area contributed by atoms with Crippen molar-refractivity contribution < 1.29 is 18.4 Å². The maximum absolute atomic E-state index is 13.5. The summed E-state index contributed by atoms with van der Waals surface area (Å²) in [7, 11) is 0. The molecule has 122 valence electrons. The second-order valence-electron chi connectivity index (χ2n) is 4.74. The predicted molar refractivity (Wildman–Crippen MR) is 84.0 cm³/mol. The van der Waals surface area contributed by atoms with Crippen molar-refractivity contribution in [3.8, 4) is 0 Å². The third-order valence-corrected chi connectivity index (χ3v) is 3.66. The van der Waals surface area contributed by atoms with Gasteiger partial charge in [0, 0.05) is 5.02 Å². The summed E-state index contributed by atoms with van der Waals surface area (Å²) in [6.07, 6.45) is 1.36. The molecule has 0 fully saturated rings. The van der Waals surface area contributed by atoms with Crippen molar-refractivity contribution in [1.29, 1.82) is 0 Å². The number of carbonyl (C=O) groups is 2. The molecule has 0 aliphatic rings. The summed E-state index contributed by atoms with van der Waals surface area (Å²) in [5.41, 5.74) is 0.388. The molecule has 0 aliphatic heterocycles. The van der Waals surface area contributed by atoms with Gasteiger partial charge in [0.15, 0.2) is 5.76 Å². The Labute approximate surface area is 141 Å². The molecule has 1 aromatic carbocycles. The van der Waals surface area contributed by atoms with E-state index in [1.165, 1.54) is 18.4 Å². The second kappa shape index (κ2) is 7.48. The molecule has 1 atom stereocenters. The molecule has 0 radical (unpaired) electrons. The van der Waals surface area contributed by atoms with Gasteiger partial charge in [-0.05, 0) is 36.8 Å². The molecule has 2 N–H and O–H groups in total. The quantitative estimate of drug-likeness (QED) is 0.805. The van der Waals surface area contributed by atoms with E-state index in [1.54, 1.807) is 13.0 Å². The van der Waals surface area contributed by atoms with Gasteiger partial charge in [-0.1, -0.05) is 23.2 Å². The van der Waals surface area contributed by atoms with Gasteiger partial charge in [-0.3, -0.25) is 9.59 Å². The maximum atomic E-state index is 13.5. The molecule has 2 rings (SSSR count). The first-order valence-electron chi connectivity index (χ1n) is 6.64. The molecule has 1 unspecified atom stereocenters. The number of hydrogen-bond donors (Lipinski definition) is 2. The molecule has 2 amide bonds. The van der Waals surface area contributed by atoms with Crippen LogP contribution in [0.15, 0.2) is 34.9 Å². The Hall–Kier alpha value is -2.05. The van der Waals surface area contributed by atoms with Crippen LogP contribution in [-0.2, 0) is 4.79 Å². The van der Waals surface area contributed by atoms with Crippen LogP contribution in [0.5, 0.6) is 0 Å². The molecule has 0 spiro atoms. The van der Waals surface area contributed by atoms with Gasteiger partial charge in [-0.15, -0.1) is 0 Å². The van der Waals surface area contributed by atoms with Crippen LogP contribution in [-0.4, -0.2) is 18.4 Å². The lowest BCUT2D eigenvalue weighted by Crippen LogP contribution is -2.38. The average molecular weight is 359 g/mol. The average Bonchev–Trinajstić information content (AvgIpc) is 3.02. The Morgan fingerprint density at radius 2 is 2.04 bits per heavy atom. The van der Waals surface area contributed by atoms with Crippen LogP contribution in [0.1, 0.15) is 29.1 Å². The second-order valence-corrected chi connectivity index (χ2v) is 5.55. The van der Waals surface area contributed by atoms with Gasteiger partial charge in [0.25, 0.3) is 5.91 Å². The Morgan fingerprint density at radius 1 is 1.30 bits per heavy atom. The van der Waals surface area contributed by atoms with Gasteiger partial charge in [0.1, 0.15) is 5.82 Å². The zero-order valence-corrected chi connectivity index (χ0v) is 13.5. The van der Waals surface area contributed by atoms with Crippen LogP contribution >= 0.6 is 23.2 Å². The number of rotatable bonds is 5. The summed E-state index contributed by atoms with van der Waals surface area (Å²) in [6, 6.07) is 4.93. The Bertz CT molecular complexity index is 720. The minimum atomic E-state index is -0.627. The molecule has 0 saturated heterocycles. The zero-order valence-electron chi connectivity index (χ0n) is 12.0. The number of carbonyl (C=O) groups excluding carboxylic acids is 2. The minimum Gasteiger partial charge on any atom is -0.459 e. The number of amides is 2. The number of furan rings is 1. The van der Waals surface area contributed by atoms with E-state index in [0.717, 1.165) is 6.07 Å². The summed E-state index contributed by atoms with van der Waals surface area (Å²) in [5.74, 6) is -1.48. The van der Waals surface area contributed by atoms with E-state index in [9.17, 15) is 14.0 Å². The van der Waals surface area contributed by atoms with E-state index in [1.807, 2.05) is 0 Å². The molecule has 2 aromatic rings. The van der Waals surface area contributed by atoms with Gasteiger partial charge in [-0.25, -0.2) is 4.39 Å². The molecule has 1 heterocycles. The third-order valence-electron chi connectivity index (χ3n) is 3.04. The summed E-state index contributed by atoms with van der Waals surface area (Å²) < 4.78 is 18.4. The lowest BCUT2D eigenvalue weighted by Gasteiger charge is -2.16. The highest BCUT2D eigenvalue weighted by Crippen LogP contribution is 2.28. The van der Waals surface area contributed by atoms with Crippen LogP contribution < -0.4 is 10.6 Å². The number of halogens is 3. The minimum absolute atomic E-state index is 0.0945. The van der Waals surface area contributed by atoms with Gasteiger partial charge in [0.2, 0.25) is 5.91 Å². The highest BCUT2D eigenvalue weighted by molar-refractivity contribution is 6.35. The molecule has 5 nitrogen and oxygen atoms in total. The van der Waals surface area contributed by atoms with Crippen molar-refractivity contribution in [2.45, 2.75) is 13.0 Å². The van der Waals surface area contributed by atoms with E-state index in [2.05, 4.69) is 10.6 Å². The van der Waals surface area contributed by atoms with Crippen LogP contribution in [0, 0.1) is 5.82 Å². The van der Waals surface area contributed by atoms with Crippen LogP contribution in [0.25, 0.3) is 0 Å². The lowest BCUT2D eigenvalue weighted by molar-refractivity contribution is -0.120. The van der Waals surface area contributed by atoms with E-state index in [-0.39, 0.29) is 22.4 Å². The first-order chi connectivity index (χ1) is 10.9. The molecular formula is C15H13Cl2FN2O3. The number of benzene rings is 1. The first-order valence-corrected chi connectivity index (χ1v) is 7.39. The van der Waals surface area contributed by atoms with E-state index in [0.29, 0.717) is 5.56 Å². The van der Waals surface area contributed by atoms with E-state index in [4.69, 9.17) is 27.6 Å². The predicted octanol–water partition coefficient (Wildman–Crippen LogP) is 3.33. The highest BCUT2D eigenvalue weighted by atomic mass is 35.5. The fourth-order valence-electron chi connectivity index (χ4n) is 1.90. The fraction of sp³-hybridized carbons (Fsp3) is 0.200. The molecule has 0 bridgehead atoms. The monoisotopic (exact) mass is 358 g/mol. The molecule has 0 saturated carbocycles. The SMILES string of the molecule is CC(NC(=O)CNC(=O)c1ccco1)c1cc(F)c(Cl)cc1Cl. The normalized spacial score (nSPS) is 11.8. The fourth-order valence-corrected chi connectivity index (χ4v) is 2.44. The topological polar surface area (TPSA) is 71.3 Å². The number of nitrogens with one attached hydrogen (secondary N) is 2. The van der Waals surface area contributed by atoms with Crippen molar-refractivity contribution in [1.82, 2.24) is 10.6 Å². The standard InChI is InChI=1S/C15H13Cl2FN2O3/c1-8(9-5-12(18)11(17)6-10(9)16)20-14(21)7-19-15(22)13-3-2-4-23-13/h2-6,8H,7H2,1H3,(H,19,22)(H,20,21). The first kappa shape index (κ1) is 17.3. The van der Waals surface area contributed by atoms with Crippen LogP contribution in [0.4, 0.5) is 4.39 Å². The summed E-state index contributed by atoms with van der Waals surface area (Å²) in [5, 5.41) is 5.15. The largest absolute Gasteiger partial charge is 0.459 e. The molecule has 1 aromatic heterocycles. The third kappa shape index (κ3) is 4.46. The van der Waals surface area contributed by atoms with Crippen molar-refractivity contribution in [2.75, 3.05) is 6.54 Å². The van der Waals surface area contributed by atoms with E-state index >= 15 is 0 Å². The van der Waals surface area contributed by atoms with E-state index < -0.39 is 23.7 Å². The summed E-state index contributed by atoms with van der Waals surface area (Å²) >= 11 is 11.6. The van der Waals surface area contributed by atoms with Crippen molar-refractivity contribution in [2.24, 2.45) is 0 Å². The van der Waals surface area contributed by atoms with Gasteiger partial charge in [0.05, 0.1) is 23.9 Å². The molecule has 8 heteroatoms.